The zero-order valence-electron chi connectivity index (χ0n) is 16.9. The second kappa shape index (κ2) is 10.9. The minimum Gasteiger partial charge on any atom is -0.493 e. The van der Waals surface area contributed by atoms with E-state index in [-0.39, 0.29) is 23.0 Å². The number of halogens is 2. The van der Waals surface area contributed by atoms with E-state index in [0.717, 1.165) is 11.6 Å². The molecule has 0 fully saturated rings. The molecule has 0 aliphatic rings. The van der Waals surface area contributed by atoms with Gasteiger partial charge in [-0.2, -0.15) is 8.78 Å². The number of esters is 1. The summed E-state index contributed by atoms with van der Waals surface area (Å²) in [5, 5.41) is 2.71. The zero-order valence-corrected chi connectivity index (χ0v) is 16.9. The number of amides is 1. The van der Waals surface area contributed by atoms with Crippen LogP contribution in [0.15, 0.2) is 48.5 Å². The Kier molecular flexibility index (Phi) is 8.34. The van der Waals surface area contributed by atoms with E-state index in [1.807, 2.05) is 26.0 Å². The smallest absolute Gasteiger partial charge is 0.387 e. The fourth-order valence-corrected chi connectivity index (χ4v) is 2.68. The molecule has 0 saturated carbocycles. The van der Waals surface area contributed by atoms with E-state index in [4.69, 9.17) is 9.47 Å². The zero-order chi connectivity index (χ0) is 22.1. The number of alkyl halides is 2. The lowest BCUT2D eigenvalue weighted by atomic mass is 10.0. The molecule has 0 aliphatic carbocycles. The van der Waals surface area contributed by atoms with Gasteiger partial charge in [0.05, 0.1) is 7.11 Å². The van der Waals surface area contributed by atoms with E-state index in [1.54, 1.807) is 18.2 Å². The summed E-state index contributed by atoms with van der Waals surface area (Å²) in [6, 6.07) is 11.8. The first-order valence-electron chi connectivity index (χ1n) is 9.17. The molecule has 160 valence electrons. The van der Waals surface area contributed by atoms with Gasteiger partial charge in [0.1, 0.15) is 0 Å². The lowest BCUT2D eigenvalue weighted by Gasteiger charge is -2.13. The Morgan fingerprint density at radius 1 is 1.10 bits per heavy atom. The van der Waals surface area contributed by atoms with Crippen molar-refractivity contribution in [2.75, 3.05) is 19.0 Å². The van der Waals surface area contributed by atoms with E-state index in [1.165, 1.54) is 25.3 Å². The number of anilines is 1. The molecule has 0 aromatic heterocycles. The van der Waals surface area contributed by atoms with Crippen LogP contribution in [0.5, 0.6) is 11.5 Å². The molecule has 0 aliphatic heterocycles. The van der Waals surface area contributed by atoms with Gasteiger partial charge in [-0.05, 0) is 29.7 Å². The molecule has 2 aromatic carbocycles. The second-order valence-electron chi connectivity index (χ2n) is 6.49. The van der Waals surface area contributed by atoms with Crippen LogP contribution in [0.1, 0.15) is 30.9 Å². The van der Waals surface area contributed by atoms with Crippen molar-refractivity contribution in [3.8, 4) is 11.5 Å². The molecule has 1 N–H and O–H groups in total. The number of nitrogens with one attached hydrogen (secondary N) is 1. The highest BCUT2D eigenvalue weighted by molar-refractivity contribution is 5.95. The molecule has 0 unspecified atom stereocenters. The molecule has 2 aromatic rings. The van der Waals surface area contributed by atoms with Gasteiger partial charge in [0.2, 0.25) is 0 Å². The summed E-state index contributed by atoms with van der Waals surface area (Å²) in [4.78, 5) is 24.0. The molecule has 6 nitrogen and oxygen atoms in total. The molecular weight excluding hydrogens is 396 g/mol. The highest BCUT2D eigenvalue weighted by Gasteiger charge is 2.14. The first kappa shape index (κ1) is 22.9. The van der Waals surface area contributed by atoms with Crippen molar-refractivity contribution in [3.63, 3.8) is 0 Å². The topological polar surface area (TPSA) is 73.9 Å². The van der Waals surface area contributed by atoms with Gasteiger partial charge in [-0.25, -0.2) is 4.79 Å². The van der Waals surface area contributed by atoms with Gasteiger partial charge in [0, 0.05) is 17.3 Å². The predicted molar refractivity (Wildman–Crippen MR) is 109 cm³/mol. The van der Waals surface area contributed by atoms with Crippen LogP contribution in [0.2, 0.25) is 0 Å². The summed E-state index contributed by atoms with van der Waals surface area (Å²) < 4.78 is 39.7. The van der Waals surface area contributed by atoms with Crippen molar-refractivity contribution in [2.24, 2.45) is 0 Å². The van der Waals surface area contributed by atoms with Gasteiger partial charge in [0.25, 0.3) is 5.91 Å². The van der Waals surface area contributed by atoms with Crippen LogP contribution in [-0.2, 0) is 14.3 Å². The van der Waals surface area contributed by atoms with Crippen molar-refractivity contribution < 1.29 is 32.6 Å². The van der Waals surface area contributed by atoms with Crippen molar-refractivity contribution in [3.05, 3.63) is 59.7 Å². The number of hydrogen-bond donors (Lipinski definition) is 1. The van der Waals surface area contributed by atoms with Crippen molar-refractivity contribution in [2.45, 2.75) is 26.4 Å². The fraction of sp³-hybridized carbons (Fsp3) is 0.273. The molecule has 0 heterocycles. The SMILES string of the molecule is COc1cccc(/C=C/C(=O)OCC(=O)Nc2ccccc2C(C)C)c1OC(F)F. The van der Waals surface area contributed by atoms with Crippen molar-refractivity contribution >= 4 is 23.6 Å². The maximum absolute atomic E-state index is 12.6. The van der Waals surface area contributed by atoms with Gasteiger partial charge in [-0.3, -0.25) is 4.79 Å². The number of carbonyl (C=O) groups is 2. The summed E-state index contributed by atoms with van der Waals surface area (Å²) in [5.41, 5.74) is 1.80. The minimum absolute atomic E-state index is 0.0917. The lowest BCUT2D eigenvalue weighted by molar-refractivity contribution is -0.142. The lowest BCUT2D eigenvalue weighted by Crippen LogP contribution is -2.21. The van der Waals surface area contributed by atoms with E-state index < -0.39 is 25.1 Å². The van der Waals surface area contributed by atoms with E-state index in [9.17, 15) is 18.4 Å². The number of hydrogen-bond acceptors (Lipinski definition) is 5. The van der Waals surface area contributed by atoms with Gasteiger partial charge in [-0.1, -0.05) is 44.2 Å². The Bertz CT molecular complexity index is 912. The molecule has 0 atom stereocenters. The third-order valence-corrected chi connectivity index (χ3v) is 4.04. The summed E-state index contributed by atoms with van der Waals surface area (Å²) in [5.74, 6) is -1.21. The van der Waals surface area contributed by atoms with Crippen LogP contribution in [0, 0.1) is 0 Å². The van der Waals surface area contributed by atoms with Crippen LogP contribution >= 0.6 is 0 Å². The maximum Gasteiger partial charge on any atom is 0.387 e. The fourth-order valence-electron chi connectivity index (χ4n) is 2.68. The average molecular weight is 419 g/mol. The monoisotopic (exact) mass is 419 g/mol. The van der Waals surface area contributed by atoms with E-state index in [0.29, 0.717) is 5.69 Å². The number of para-hydroxylation sites is 2. The largest absolute Gasteiger partial charge is 0.493 e. The highest BCUT2D eigenvalue weighted by atomic mass is 19.3. The minimum atomic E-state index is -3.06. The molecule has 0 saturated heterocycles. The first-order chi connectivity index (χ1) is 14.3. The van der Waals surface area contributed by atoms with E-state index >= 15 is 0 Å². The summed E-state index contributed by atoms with van der Waals surface area (Å²) in [6.45, 7) is 0.451. The molecular formula is C22H23F2NO5. The van der Waals surface area contributed by atoms with Crippen LogP contribution in [0.4, 0.5) is 14.5 Å². The van der Waals surface area contributed by atoms with Crippen molar-refractivity contribution in [1.82, 2.24) is 0 Å². The molecule has 0 radical (unpaired) electrons. The molecule has 30 heavy (non-hydrogen) atoms. The second-order valence-corrected chi connectivity index (χ2v) is 6.49. The number of benzene rings is 2. The van der Waals surface area contributed by atoms with Gasteiger partial charge >= 0.3 is 12.6 Å². The Balaban J connectivity index is 1.98. The van der Waals surface area contributed by atoms with Crippen LogP contribution in [-0.4, -0.2) is 32.2 Å². The van der Waals surface area contributed by atoms with Gasteiger partial charge < -0.3 is 19.5 Å². The molecule has 0 bridgehead atoms. The molecule has 0 spiro atoms. The Hall–Kier alpha value is -3.42. The first-order valence-corrected chi connectivity index (χ1v) is 9.17. The van der Waals surface area contributed by atoms with Crippen LogP contribution in [0.25, 0.3) is 6.08 Å². The normalized spacial score (nSPS) is 11.0. The van der Waals surface area contributed by atoms with Crippen LogP contribution in [0.3, 0.4) is 0 Å². The number of carbonyl (C=O) groups excluding carboxylic acids is 2. The molecule has 1 amide bonds. The quantitative estimate of drug-likeness (QED) is 0.474. The highest BCUT2D eigenvalue weighted by Crippen LogP contribution is 2.33. The summed E-state index contributed by atoms with van der Waals surface area (Å²) in [6.07, 6.45) is 2.26. The Morgan fingerprint density at radius 3 is 2.50 bits per heavy atom. The van der Waals surface area contributed by atoms with Gasteiger partial charge in [0.15, 0.2) is 18.1 Å². The molecule has 2 rings (SSSR count). The Labute approximate surface area is 173 Å². The third kappa shape index (κ3) is 6.58. The average Bonchev–Trinajstić information content (AvgIpc) is 2.71. The number of ether oxygens (including phenoxy) is 3. The third-order valence-electron chi connectivity index (χ3n) is 4.04. The maximum atomic E-state index is 12.6. The predicted octanol–water partition coefficient (Wildman–Crippen LogP) is 4.62. The van der Waals surface area contributed by atoms with E-state index in [2.05, 4.69) is 10.1 Å². The Morgan fingerprint density at radius 2 is 1.83 bits per heavy atom. The van der Waals surface area contributed by atoms with Crippen molar-refractivity contribution in [1.29, 1.82) is 0 Å². The summed E-state index contributed by atoms with van der Waals surface area (Å²) >= 11 is 0. The number of methoxy groups -OCH3 is 1. The number of rotatable bonds is 9. The molecule has 8 heteroatoms. The summed E-state index contributed by atoms with van der Waals surface area (Å²) in [7, 11) is 1.31. The standard InChI is InChI=1S/C22H23F2NO5/c1-14(2)16-8-4-5-9-17(16)25-19(26)13-29-20(27)12-11-15-7-6-10-18(28-3)21(15)30-22(23)24/h4-12,14,22H,13H2,1-3H3,(H,25,26)/b12-11+. The van der Waals surface area contributed by atoms with Gasteiger partial charge in [-0.15, -0.1) is 0 Å². The van der Waals surface area contributed by atoms with Crippen LogP contribution < -0.4 is 14.8 Å².